The van der Waals surface area contributed by atoms with E-state index in [1.54, 1.807) is 12.3 Å². The number of carboxylic acids is 1. The lowest BCUT2D eigenvalue weighted by Crippen LogP contribution is -2.15. The number of carboxylic acid groups (broad SMARTS) is 1. The molecule has 0 aliphatic carbocycles. The first kappa shape index (κ1) is 10.8. The molecule has 0 bridgehead atoms. The molecule has 4 nitrogen and oxygen atoms in total. The number of anilines is 2. The van der Waals surface area contributed by atoms with E-state index in [0.717, 1.165) is 18.7 Å². The molecule has 90 valence electrons. The monoisotopic (exact) mass is 240 g/mol. The summed E-state index contributed by atoms with van der Waals surface area (Å²) in [6.07, 6.45) is 2.51. The third-order valence-electron chi connectivity index (χ3n) is 3.16. The first-order chi connectivity index (χ1) is 8.75. The number of rotatable bonds is 2. The summed E-state index contributed by atoms with van der Waals surface area (Å²) >= 11 is 0. The third kappa shape index (κ3) is 1.72. The van der Waals surface area contributed by atoms with Crippen molar-refractivity contribution in [3.63, 3.8) is 0 Å². The van der Waals surface area contributed by atoms with E-state index in [4.69, 9.17) is 5.11 Å². The molecular weight excluding hydrogens is 228 g/mol. The van der Waals surface area contributed by atoms with Crippen molar-refractivity contribution in [1.29, 1.82) is 0 Å². The predicted molar refractivity (Wildman–Crippen MR) is 68.3 cm³/mol. The molecule has 1 aromatic heterocycles. The van der Waals surface area contributed by atoms with E-state index in [-0.39, 0.29) is 5.56 Å². The molecular formula is C14H12N2O2. The molecule has 18 heavy (non-hydrogen) atoms. The zero-order valence-corrected chi connectivity index (χ0v) is 9.71. The van der Waals surface area contributed by atoms with Crippen molar-refractivity contribution in [3.05, 3.63) is 53.7 Å². The maximum Gasteiger partial charge on any atom is 0.335 e. The van der Waals surface area contributed by atoms with Gasteiger partial charge in [0.2, 0.25) is 0 Å². The van der Waals surface area contributed by atoms with E-state index in [1.165, 1.54) is 11.6 Å². The van der Waals surface area contributed by atoms with E-state index in [9.17, 15) is 4.79 Å². The highest BCUT2D eigenvalue weighted by molar-refractivity contribution is 5.88. The van der Waals surface area contributed by atoms with Crippen molar-refractivity contribution in [2.45, 2.75) is 6.42 Å². The summed E-state index contributed by atoms with van der Waals surface area (Å²) < 4.78 is 0. The van der Waals surface area contributed by atoms with Gasteiger partial charge in [0.1, 0.15) is 5.82 Å². The van der Waals surface area contributed by atoms with Gasteiger partial charge in [-0.2, -0.15) is 0 Å². The Labute approximate surface area is 105 Å². The normalized spacial score (nSPS) is 13.4. The number of aromatic carboxylic acids is 1. The van der Waals surface area contributed by atoms with Gasteiger partial charge in [-0.3, -0.25) is 0 Å². The number of nitrogens with zero attached hydrogens (tertiary/aromatic N) is 2. The molecule has 0 amide bonds. The predicted octanol–water partition coefficient (Wildman–Crippen LogP) is 2.47. The van der Waals surface area contributed by atoms with Gasteiger partial charge in [0.15, 0.2) is 0 Å². The van der Waals surface area contributed by atoms with Crippen LogP contribution in [0.1, 0.15) is 15.9 Å². The maximum absolute atomic E-state index is 11.0. The zero-order chi connectivity index (χ0) is 12.5. The van der Waals surface area contributed by atoms with Crippen LogP contribution in [-0.4, -0.2) is 22.6 Å². The van der Waals surface area contributed by atoms with Crippen LogP contribution >= 0.6 is 0 Å². The van der Waals surface area contributed by atoms with Crippen LogP contribution in [-0.2, 0) is 6.42 Å². The Balaban J connectivity index is 2.02. The number of hydrogen-bond donors (Lipinski definition) is 1. The fourth-order valence-electron chi connectivity index (χ4n) is 2.28. The second-order valence-electron chi connectivity index (χ2n) is 4.24. The van der Waals surface area contributed by atoms with Crippen LogP contribution in [0.15, 0.2) is 42.6 Å². The highest BCUT2D eigenvalue weighted by Crippen LogP contribution is 2.33. The van der Waals surface area contributed by atoms with Crippen LogP contribution in [0.5, 0.6) is 0 Å². The van der Waals surface area contributed by atoms with E-state index >= 15 is 0 Å². The van der Waals surface area contributed by atoms with Gasteiger partial charge in [-0.15, -0.1) is 0 Å². The molecule has 1 N–H and O–H groups in total. The van der Waals surface area contributed by atoms with Gasteiger partial charge in [-0.25, -0.2) is 9.78 Å². The molecule has 3 rings (SSSR count). The van der Waals surface area contributed by atoms with Gasteiger partial charge in [0, 0.05) is 18.4 Å². The lowest BCUT2D eigenvalue weighted by atomic mass is 10.2. The van der Waals surface area contributed by atoms with Crippen LogP contribution in [0.3, 0.4) is 0 Å². The molecule has 0 radical (unpaired) electrons. The van der Waals surface area contributed by atoms with Crippen LogP contribution in [0, 0.1) is 0 Å². The molecule has 1 aliphatic rings. The van der Waals surface area contributed by atoms with Gasteiger partial charge in [-0.1, -0.05) is 18.2 Å². The molecule has 0 unspecified atom stereocenters. The molecule has 0 fully saturated rings. The van der Waals surface area contributed by atoms with Crippen molar-refractivity contribution < 1.29 is 9.90 Å². The average molecular weight is 240 g/mol. The van der Waals surface area contributed by atoms with Crippen LogP contribution < -0.4 is 4.90 Å². The lowest BCUT2D eigenvalue weighted by molar-refractivity contribution is 0.0697. The Kier molecular flexibility index (Phi) is 2.48. The SMILES string of the molecule is O=C(O)c1ccnc(N2CCc3ccccc32)c1. The van der Waals surface area contributed by atoms with E-state index in [2.05, 4.69) is 16.0 Å². The summed E-state index contributed by atoms with van der Waals surface area (Å²) in [4.78, 5) is 17.3. The third-order valence-corrected chi connectivity index (χ3v) is 3.16. The van der Waals surface area contributed by atoms with Gasteiger partial charge in [0.05, 0.1) is 5.56 Å². The molecule has 1 aromatic carbocycles. The number of fused-ring (bicyclic) bond motifs is 1. The zero-order valence-electron chi connectivity index (χ0n) is 9.71. The van der Waals surface area contributed by atoms with Crippen LogP contribution in [0.25, 0.3) is 0 Å². The molecule has 0 spiro atoms. The number of pyridine rings is 1. The summed E-state index contributed by atoms with van der Waals surface area (Å²) in [5, 5.41) is 9.00. The number of para-hydroxylation sites is 1. The Hall–Kier alpha value is -2.36. The fourth-order valence-corrected chi connectivity index (χ4v) is 2.28. The Morgan fingerprint density at radius 1 is 1.28 bits per heavy atom. The second-order valence-corrected chi connectivity index (χ2v) is 4.24. The van der Waals surface area contributed by atoms with Gasteiger partial charge in [0.25, 0.3) is 0 Å². The average Bonchev–Trinajstić information content (AvgIpc) is 2.82. The van der Waals surface area contributed by atoms with E-state index in [1.807, 2.05) is 18.2 Å². The number of aromatic nitrogens is 1. The van der Waals surface area contributed by atoms with Crippen molar-refractivity contribution in [2.24, 2.45) is 0 Å². The topological polar surface area (TPSA) is 53.4 Å². The molecule has 0 atom stereocenters. The highest BCUT2D eigenvalue weighted by Gasteiger charge is 2.21. The van der Waals surface area contributed by atoms with Crippen LogP contribution in [0.2, 0.25) is 0 Å². The number of hydrogen-bond acceptors (Lipinski definition) is 3. The molecule has 1 aliphatic heterocycles. The van der Waals surface area contributed by atoms with Crippen molar-refractivity contribution in [3.8, 4) is 0 Å². The molecule has 0 saturated carbocycles. The standard InChI is InChI=1S/C14H12N2O2/c17-14(18)11-5-7-15-13(9-11)16-8-6-10-3-1-2-4-12(10)16/h1-5,7,9H,6,8H2,(H,17,18). The molecule has 4 heteroatoms. The summed E-state index contributed by atoms with van der Waals surface area (Å²) in [7, 11) is 0. The summed E-state index contributed by atoms with van der Waals surface area (Å²) in [6, 6.07) is 11.3. The molecule has 0 saturated heterocycles. The summed E-state index contributed by atoms with van der Waals surface area (Å²) in [5.41, 5.74) is 2.66. The minimum atomic E-state index is -0.925. The summed E-state index contributed by atoms with van der Waals surface area (Å²) in [6.45, 7) is 0.843. The first-order valence-corrected chi connectivity index (χ1v) is 5.80. The second kappa shape index (κ2) is 4.14. The fraction of sp³-hybridized carbons (Fsp3) is 0.143. The minimum Gasteiger partial charge on any atom is -0.478 e. The van der Waals surface area contributed by atoms with Crippen molar-refractivity contribution in [1.82, 2.24) is 4.98 Å². The van der Waals surface area contributed by atoms with E-state index < -0.39 is 5.97 Å². The number of benzene rings is 1. The van der Waals surface area contributed by atoms with E-state index in [0.29, 0.717) is 5.82 Å². The Morgan fingerprint density at radius 3 is 2.94 bits per heavy atom. The summed E-state index contributed by atoms with van der Waals surface area (Å²) in [5.74, 6) is -0.231. The largest absolute Gasteiger partial charge is 0.478 e. The van der Waals surface area contributed by atoms with Gasteiger partial charge < -0.3 is 10.0 Å². The molecule has 2 heterocycles. The smallest absolute Gasteiger partial charge is 0.335 e. The minimum absolute atomic E-state index is 0.268. The van der Waals surface area contributed by atoms with Crippen molar-refractivity contribution in [2.75, 3.05) is 11.4 Å². The van der Waals surface area contributed by atoms with Gasteiger partial charge in [-0.05, 0) is 30.2 Å². The van der Waals surface area contributed by atoms with Crippen LogP contribution in [0.4, 0.5) is 11.5 Å². The highest BCUT2D eigenvalue weighted by atomic mass is 16.4. The van der Waals surface area contributed by atoms with Gasteiger partial charge >= 0.3 is 5.97 Å². The maximum atomic E-state index is 11.0. The Bertz CT molecular complexity index is 610. The number of carbonyl (C=O) groups is 1. The molecule has 2 aromatic rings. The lowest BCUT2D eigenvalue weighted by Gasteiger charge is -2.18. The van der Waals surface area contributed by atoms with Crippen molar-refractivity contribution >= 4 is 17.5 Å². The quantitative estimate of drug-likeness (QED) is 0.876. The Morgan fingerprint density at radius 2 is 2.11 bits per heavy atom. The first-order valence-electron chi connectivity index (χ1n) is 5.80.